The van der Waals surface area contributed by atoms with Crippen LogP contribution in [0.15, 0.2) is 18.3 Å². The third-order valence-corrected chi connectivity index (χ3v) is 6.67. The molecule has 8 heteroatoms. The number of sulfone groups is 1. The van der Waals surface area contributed by atoms with Gasteiger partial charge in [0.1, 0.15) is 15.7 Å². The van der Waals surface area contributed by atoms with E-state index < -0.39 is 9.84 Å². The number of pyridine rings is 1. The first-order valence-corrected chi connectivity index (χ1v) is 10.2. The van der Waals surface area contributed by atoms with Gasteiger partial charge in [-0.05, 0) is 37.8 Å². The van der Waals surface area contributed by atoms with Crippen LogP contribution in [0.4, 0.5) is 5.82 Å². The maximum atomic E-state index is 12.2. The maximum absolute atomic E-state index is 12.2. The molecule has 3 N–H and O–H groups in total. The fourth-order valence-electron chi connectivity index (χ4n) is 3.46. The van der Waals surface area contributed by atoms with Crippen molar-refractivity contribution in [2.75, 3.05) is 30.3 Å². The van der Waals surface area contributed by atoms with Crippen LogP contribution in [0.3, 0.4) is 0 Å². The summed E-state index contributed by atoms with van der Waals surface area (Å²) in [5, 5.41) is 3.05. The number of aromatic nitrogens is 1. The van der Waals surface area contributed by atoms with Crippen molar-refractivity contribution in [2.24, 2.45) is 0 Å². The highest BCUT2D eigenvalue weighted by molar-refractivity contribution is 7.91. The third-order valence-electron chi connectivity index (χ3n) is 4.95. The number of piperidine rings is 1. The molecule has 2 aliphatic heterocycles. The molecule has 2 saturated heterocycles. The van der Waals surface area contributed by atoms with E-state index in [1.807, 2.05) is 0 Å². The van der Waals surface area contributed by atoms with Crippen molar-refractivity contribution in [3.8, 4) is 0 Å². The van der Waals surface area contributed by atoms with Gasteiger partial charge < -0.3 is 16.0 Å². The molecule has 2 fully saturated rings. The van der Waals surface area contributed by atoms with Gasteiger partial charge in [-0.15, -0.1) is 0 Å². The summed E-state index contributed by atoms with van der Waals surface area (Å²) < 4.78 is 23.1. The number of nitrogens with zero attached hydrogens (tertiary/aromatic N) is 2. The van der Waals surface area contributed by atoms with Crippen LogP contribution < -0.4 is 11.1 Å². The van der Waals surface area contributed by atoms with E-state index in [1.54, 1.807) is 12.1 Å². The van der Waals surface area contributed by atoms with Crippen molar-refractivity contribution >= 4 is 21.6 Å². The number of carbonyl (C=O) groups excluding carboxylic acids is 1. The Bertz CT molecular complexity index is 668. The number of nitrogen functional groups attached to an aromatic ring is 1. The summed E-state index contributed by atoms with van der Waals surface area (Å²) in [6.07, 6.45) is 4.73. The molecule has 1 aromatic heterocycles. The molecule has 24 heavy (non-hydrogen) atoms. The summed E-state index contributed by atoms with van der Waals surface area (Å²) >= 11 is 0. The largest absolute Gasteiger partial charge is 0.384 e. The minimum Gasteiger partial charge on any atom is -0.384 e. The van der Waals surface area contributed by atoms with Crippen LogP contribution in [0.5, 0.6) is 0 Å². The number of anilines is 1. The minimum absolute atomic E-state index is 0.121. The van der Waals surface area contributed by atoms with Crippen LogP contribution in [-0.4, -0.2) is 60.9 Å². The van der Waals surface area contributed by atoms with Crippen LogP contribution in [0, 0.1) is 0 Å². The van der Waals surface area contributed by atoms with Crippen LogP contribution in [-0.2, 0) is 9.84 Å². The second kappa shape index (κ2) is 7.06. The van der Waals surface area contributed by atoms with E-state index in [-0.39, 0.29) is 11.9 Å². The minimum atomic E-state index is -2.81. The third kappa shape index (κ3) is 4.24. The highest BCUT2D eigenvalue weighted by atomic mass is 32.2. The Kier molecular flexibility index (Phi) is 5.05. The lowest BCUT2D eigenvalue weighted by atomic mass is 10.0. The number of rotatable bonds is 3. The fraction of sp³-hybridized carbons (Fsp3) is 0.625. The van der Waals surface area contributed by atoms with Gasteiger partial charge in [0.05, 0.1) is 17.1 Å². The molecule has 0 atom stereocenters. The smallest absolute Gasteiger partial charge is 0.253 e. The topological polar surface area (TPSA) is 105 Å². The Morgan fingerprint density at radius 1 is 1.17 bits per heavy atom. The molecule has 0 radical (unpaired) electrons. The Hall–Kier alpha value is -1.67. The fourth-order valence-corrected chi connectivity index (χ4v) is 4.93. The second-order valence-corrected chi connectivity index (χ2v) is 8.94. The van der Waals surface area contributed by atoms with E-state index in [2.05, 4.69) is 15.2 Å². The SMILES string of the molecule is Nc1ccc(C(=O)NC2CCN(C3CCS(=O)(=O)CC3)CC2)cn1. The standard InChI is InChI=1S/C16H24N4O3S/c17-15-2-1-12(11-18-15)16(21)19-13-3-7-20(8-4-13)14-5-9-24(22,23)10-6-14/h1-2,11,13-14H,3-10H2,(H2,17,18)(H,19,21). The number of hydrogen-bond donors (Lipinski definition) is 2. The van der Waals surface area contributed by atoms with E-state index >= 15 is 0 Å². The molecule has 0 unspecified atom stereocenters. The average Bonchev–Trinajstić information content (AvgIpc) is 2.56. The van der Waals surface area contributed by atoms with Gasteiger partial charge >= 0.3 is 0 Å². The van der Waals surface area contributed by atoms with Gasteiger partial charge in [0, 0.05) is 31.4 Å². The molecule has 3 heterocycles. The van der Waals surface area contributed by atoms with Gasteiger partial charge in [0.2, 0.25) is 0 Å². The molecule has 0 bridgehead atoms. The Balaban J connectivity index is 1.47. The van der Waals surface area contributed by atoms with Crippen molar-refractivity contribution in [3.05, 3.63) is 23.9 Å². The maximum Gasteiger partial charge on any atom is 0.253 e. The first-order chi connectivity index (χ1) is 11.4. The summed E-state index contributed by atoms with van der Waals surface area (Å²) in [5.41, 5.74) is 6.05. The number of hydrogen-bond acceptors (Lipinski definition) is 6. The van der Waals surface area contributed by atoms with E-state index in [9.17, 15) is 13.2 Å². The Labute approximate surface area is 142 Å². The van der Waals surface area contributed by atoms with Crippen LogP contribution in [0.1, 0.15) is 36.0 Å². The van der Waals surface area contributed by atoms with Crippen molar-refractivity contribution in [1.82, 2.24) is 15.2 Å². The monoisotopic (exact) mass is 352 g/mol. The zero-order valence-corrected chi connectivity index (χ0v) is 14.5. The number of nitrogens with two attached hydrogens (primary N) is 1. The molecule has 0 aromatic carbocycles. The molecule has 1 aromatic rings. The van der Waals surface area contributed by atoms with Crippen molar-refractivity contribution in [2.45, 2.75) is 37.8 Å². The van der Waals surface area contributed by atoms with Crippen molar-refractivity contribution in [1.29, 1.82) is 0 Å². The summed E-state index contributed by atoms with van der Waals surface area (Å²) in [5.74, 6) is 0.885. The number of likely N-dealkylation sites (tertiary alicyclic amines) is 1. The molecule has 0 saturated carbocycles. The average molecular weight is 352 g/mol. The van der Waals surface area contributed by atoms with Gasteiger partial charge in [0.15, 0.2) is 0 Å². The predicted molar refractivity (Wildman–Crippen MR) is 92.4 cm³/mol. The number of amides is 1. The summed E-state index contributed by atoms with van der Waals surface area (Å²) in [7, 11) is -2.81. The summed E-state index contributed by atoms with van der Waals surface area (Å²) in [6.45, 7) is 1.80. The quantitative estimate of drug-likeness (QED) is 0.817. The van der Waals surface area contributed by atoms with Crippen LogP contribution >= 0.6 is 0 Å². The molecule has 3 rings (SSSR count). The zero-order valence-electron chi connectivity index (χ0n) is 13.6. The first-order valence-electron chi connectivity index (χ1n) is 8.40. The van der Waals surface area contributed by atoms with Gasteiger partial charge in [-0.3, -0.25) is 4.79 Å². The number of nitrogens with one attached hydrogen (secondary N) is 1. The lowest BCUT2D eigenvalue weighted by Gasteiger charge is -2.39. The van der Waals surface area contributed by atoms with E-state index in [1.165, 1.54) is 6.20 Å². The lowest BCUT2D eigenvalue weighted by Crippen LogP contribution is -2.49. The van der Waals surface area contributed by atoms with E-state index in [0.29, 0.717) is 28.9 Å². The van der Waals surface area contributed by atoms with Crippen molar-refractivity contribution in [3.63, 3.8) is 0 Å². The van der Waals surface area contributed by atoms with Crippen LogP contribution in [0.2, 0.25) is 0 Å². The zero-order chi connectivity index (χ0) is 17.2. The molecule has 2 aliphatic rings. The van der Waals surface area contributed by atoms with Gasteiger partial charge in [-0.1, -0.05) is 0 Å². The molecular weight excluding hydrogens is 328 g/mol. The second-order valence-electron chi connectivity index (χ2n) is 6.64. The summed E-state index contributed by atoms with van der Waals surface area (Å²) in [4.78, 5) is 18.5. The first kappa shape index (κ1) is 17.2. The normalized spacial score (nSPS) is 23.0. The molecule has 132 valence electrons. The van der Waals surface area contributed by atoms with E-state index in [4.69, 9.17) is 5.73 Å². The van der Waals surface area contributed by atoms with Gasteiger partial charge in [-0.25, -0.2) is 13.4 Å². The Morgan fingerprint density at radius 3 is 2.42 bits per heavy atom. The molecule has 7 nitrogen and oxygen atoms in total. The highest BCUT2D eigenvalue weighted by Crippen LogP contribution is 2.22. The highest BCUT2D eigenvalue weighted by Gasteiger charge is 2.30. The lowest BCUT2D eigenvalue weighted by molar-refractivity contribution is 0.0885. The number of carbonyl (C=O) groups is 1. The predicted octanol–water partition coefficient (Wildman–Crippen LogP) is 0.435. The van der Waals surface area contributed by atoms with Gasteiger partial charge in [0.25, 0.3) is 5.91 Å². The molecule has 1 amide bonds. The van der Waals surface area contributed by atoms with Crippen LogP contribution in [0.25, 0.3) is 0 Å². The summed E-state index contributed by atoms with van der Waals surface area (Å²) in [6, 6.07) is 3.81. The van der Waals surface area contributed by atoms with Gasteiger partial charge in [-0.2, -0.15) is 0 Å². The molecule has 0 spiro atoms. The molecule has 0 aliphatic carbocycles. The molecular formula is C16H24N4O3S. The van der Waals surface area contributed by atoms with E-state index in [0.717, 1.165) is 38.8 Å². The van der Waals surface area contributed by atoms with Crippen molar-refractivity contribution < 1.29 is 13.2 Å². The Morgan fingerprint density at radius 2 is 1.83 bits per heavy atom.